The molecule has 0 aromatic heterocycles. The standard InChI is InChI=1S/C16H20N2O3/c1-17-10-11-5-4-6-12(9-11)18-15(19)13-7-2-3-8-14(13)16(20)21/h2-6,9,13-14,17H,7-8,10H2,1H3,(H,18,19)(H,20,21). The Morgan fingerprint density at radius 2 is 1.95 bits per heavy atom. The number of rotatable bonds is 5. The van der Waals surface area contributed by atoms with Crippen molar-refractivity contribution in [2.24, 2.45) is 11.8 Å². The Morgan fingerprint density at radius 3 is 2.62 bits per heavy atom. The number of allylic oxidation sites excluding steroid dienone is 2. The molecule has 0 radical (unpaired) electrons. The van der Waals surface area contributed by atoms with Crippen LogP contribution in [0.5, 0.6) is 0 Å². The van der Waals surface area contributed by atoms with Crippen molar-refractivity contribution in [2.75, 3.05) is 12.4 Å². The first-order valence-electron chi connectivity index (χ1n) is 7.04. The maximum Gasteiger partial charge on any atom is 0.307 e. The molecule has 2 atom stereocenters. The molecule has 5 nitrogen and oxygen atoms in total. The topological polar surface area (TPSA) is 78.4 Å². The van der Waals surface area contributed by atoms with Gasteiger partial charge in [0.2, 0.25) is 5.91 Å². The molecule has 1 aliphatic rings. The molecule has 2 rings (SSSR count). The minimum absolute atomic E-state index is 0.228. The molecule has 5 heteroatoms. The molecule has 0 aliphatic heterocycles. The summed E-state index contributed by atoms with van der Waals surface area (Å²) in [4.78, 5) is 23.6. The number of amides is 1. The first kappa shape index (κ1) is 15.3. The van der Waals surface area contributed by atoms with Crippen molar-refractivity contribution in [2.45, 2.75) is 19.4 Å². The van der Waals surface area contributed by atoms with E-state index in [1.54, 1.807) is 0 Å². The second kappa shape index (κ2) is 7.04. The summed E-state index contributed by atoms with van der Waals surface area (Å²) in [6.45, 7) is 0.716. The first-order valence-corrected chi connectivity index (χ1v) is 7.04. The van der Waals surface area contributed by atoms with Crippen molar-refractivity contribution in [1.82, 2.24) is 5.32 Å². The van der Waals surface area contributed by atoms with Crippen LogP contribution in [-0.2, 0) is 16.1 Å². The molecule has 0 bridgehead atoms. The highest BCUT2D eigenvalue weighted by Gasteiger charge is 2.33. The van der Waals surface area contributed by atoms with E-state index in [1.165, 1.54) is 0 Å². The van der Waals surface area contributed by atoms with Crippen molar-refractivity contribution in [3.05, 3.63) is 42.0 Å². The second-order valence-electron chi connectivity index (χ2n) is 5.21. The lowest BCUT2D eigenvalue weighted by Gasteiger charge is -2.24. The molecule has 1 aromatic rings. The van der Waals surface area contributed by atoms with Crippen LogP contribution in [0.25, 0.3) is 0 Å². The summed E-state index contributed by atoms with van der Waals surface area (Å²) in [6.07, 6.45) is 4.59. The minimum Gasteiger partial charge on any atom is -0.481 e. The predicted molar refractivity (Wildman–Crippen MR) is 80.8 cm³/mol. The van der Waals surface area contributed by atoms with Crippen LogP contribution in [0.15, 0.2) is 36.4 Å². The third-order valence-corrected chi connectivity index (χ3v) is 3.66. The lowest BCUT2D eigenvalue weighted by atomic mass is 9.82. The molecule has 112 valence electrons. The molecule has 21 heavy (non-hydrogen) atoms. The molecular weight excluding hydrogens is 268 g/mol. The van der Waals surface area contributed by atoms with Crippen molar-refractivity contribution < 1.29 is 14.7 Å². The number of carbonyl (C=O) groups is 2. The number of benzene rings is 1. The number of hydrogen-bond donors (Lipinski definition) is 3. The van der Waals surface area contributed by atoms with Gasteiger partial charge in [0.05, 0.1) is 11.8 Å². The van der Waals surface area contributed by atoms with Gasteiger partial charge in [0.15, 0.2) is 0 Å². The Hall–Kier alpha value is -2.14. The summed E-state index contributed by atoms with van der Waals surface area (Å²) in [7, 11) is 1.86. The molecular formula is C16H20N2O3. The van der Waals surface area contributed by atoms with Gasteiger partial charge in [-0.05, 0) is 37.6 Å². The Kier molecular flexibility index (Phi) is 5.11. The van der Waals surface area contributed by atoms with E-state index in [9.17, 15) is 14.7 Å². The summed E-state index contributed by atoms with van der Waals surface area (Å²) in [5.74, 6) is -2.30. The first-order chi connectivity index (χ1) is 10.1. The Morgan fingerprint density at radius 1 is 1.24 bits per heavy atom. The second-order valence-corrected chi connectivity index (χ2v) is 5.21. The largest absolute Gasteiger partial charge is 0.481 e. The van der Waals surface area contributed by atoms with E-state index >= 15 is 0 Å². The van der Waals surface area contributed by atoms with Gasteiger partial charge in [-0.3, -0.25) is 9.59 Å². The van der Waals surface area contributed by atoms with Crippen molar-refractivity contribution in [3.63, 3.8) is 0 Å². The number of nitrogens with one attached hydrogen (secondary N) is 2. The van der Waals surface area contributed by atoms with Crippen LogP contribution in [0.3, 0.4) is 0 Å². The Bertz CT molecular complexity index is 554. The number of hydrogen-bond acceptors (Lipinski definition) is 3. The van der Waals surface area contributed by atoms with Crippen molar-refractivity contribution in [1.29, 1.82) is 0 Å². The Labute approximate surface area is 124 Å². The molecule has 1 aromatic carbocycles. The normalized spacial score (nSPS) is 21.0. The van der Waals surface area contributed by atoms with Crippen LogP contribution in [0, 0.1) is 11.8 Å². The van der Waals surface area contributed by atoms with Crippen LogP contribution < -0.4 is 10.6 Å². The molecule has 0 fully saturated rings. The molecule has 3 N–H and O–H groups in total. The zero-order chi connectivity index (χ0) is 15.2. The molecule has 0 spiro atoms. The smallest absolute Gasteiger partial charge is 0.307 e. The third-order valence-electron chi connectivity index (χ3n) is 3.66. The van der Waals surface area contributed by atoms with Crippen molar-refractivity contribution in [3.8, 4) is 0 Å². The molecule has 1 amide bonds. The minimum atomic E-state index is -0.913. The quantitative estimate of drug-likeness (QED) is 0.724. The number of carbonyl (C=O) groups excluding carboxylic acids is 1. The van der Waals surface area contributed by atoms with Gasteiger partial charge in [-0.15, -0.1) is 0 Å². The summed E-state index contributed by atoms with van der Waals surface area (Å²) in [5, 5.41) is 15.1. The van der Waals surface area contributed by atoms with Gasteiger partial charge in [-0.2, -0.15) is 0 Å². The number of carboxylic acids is 1. The summed E-state index contributed by atoms with van der Waals surface area (Å²) >= 11 is 0. The Balaban J connectivity index is 2.08. The zero-order valence-electron chi connectivity index (χ0n) is 12.0. The van der Waals surface area contributed by atoms with E-state index in [0.29, 0.717) is 25.1 Å². The number of carboxylic acid groups (broad SMARTS) is 1. The van der Waals surface area contributed by atoms with E-state index < -0.39 is 17.8 Å². The van der Waals surface area contributed by atoms with Crippen LogP contribution in [0.1, 0.15) is 18.4 Å². The van der Waals surface area contributed by atoms with Crippen LogP contribution in [0.2, 0.25) is 0 Å². The van der Waals surface area contributed by atoms with Gasteiger partial charge in [-0.25, -0.2) is 0 Å². The van der Waals surface area contributed by atoms with Crippen LogP contribution >= 0.6 is 0 Å². The molecule has 0 heterocycles. The average molecular weight is 288 g/mol. The maximum atomic E-state index is 12.3. The van der Waals surface area contributed by atoms with E-state index in [2.05, 4.69) is 10.6 Å². The SMILES string of the molecule is CNCc1cccc(NC(=O)C2CC=CCC2C(=O)O)c1. The fourth-order valence-corrected chi connectivity index (χ4v) is 2.58. The fourth-order valence-electron chi connectivity index (χ4n) is 2.58. The van der Waals surface area contributed by atoms with E-state index in [4.69, 9.17) is 0 Å². The summed E-state index contributed by atoms with van der Waals surface area (Å²) in [5.41, 5.74) is 1.76. The van der Waals surface area contributed by atoms with Gasteiger partial charge in [0, 0.05) is 12.2 Å². The van der Waals surface area contributed by atoms with E-state index in [0.717, 1.165) is 5.56 Å². The van der Waals surface area contributed by atoms with E-state index in [1.807, 2.05) is 43.5 Å². The van der Waals surface area contributed by atoms with E-state index in [-0.39, 0.29) is 5.91 Å². The van der Waals surface area contributed by atoms with Crippen LogP contribution in [0.4, 0.5) is 5.69 Å². The molecule has 0 saturated heterocycles. The zero-order valence-corrected chi connectivity index (χ0v) is 12.0. The molecule has 0 saturated carbocycles. The van der Waals surface area contributed by atoms with Crippen LogP contribution in [-0.4, -0.2) is 24.0 Å². The number of aliphatic carboxylic acids is 1. The highest BCUT2D eigenvalue weighted by molar-refractivity contribution is 5.95. The van der Waals surface area contributed by atoms with Gasteiger partial charge in [-0.1, -0.05) is 24.3 Å². The molecule has 2 unspecified atom stereocenters. The van der Waals surface area contributed by atoms with Gasteiger partial charge < -0.3 is 15.7 Å². The lowest BCUT2D eigenvalue weighted by Crippen LogP contribution is -2.34. The fraction of sp³-hybridized carbons (Fsp3) is 0.375. The summed E-state index contributed by atoms with van der Waals surface area (Å²) < 4.78 is 0. The van der Waals surface area contributed by atoms with Gasteiger partial charge in [0.25, 0.3) is 0 Å². The predicted octanol–water partition coefficient (Wildman–Crippen LogP) is 2.01. The highest BCUT2D eigenvalue weighted by Crippen LogP contribution is 2.27. The monoisotopic (exact) mass is 288 g/mol. The highest BCUT2D eigenvalue weighted by atomic mass is 16.4. The third kappa shape index (κ3) is 3.92. The van der Waals surface area contributed by atoms with Gasteiger partial charge in [0.1, 0.15) is 0 Å². The van der Waals surface area contributed by atoms with Gasteiger partial charge >= 0.3 is 5.97 Å². The maximum absolute atomic E-state index is 12.3. The lowest BCUT2D eigenvalue weighted by molar-refractivity contribution is -0.146. The number of anilines is 1. The van der Waals surface area contributed by atoms with Crippen molar-refractivity contribution >= 4 is 17.6 Å². The molecule has 1 aliphatic carbocycles. The summed E-state index contributed by atoms with van der Waals surface area (Å²) in [6, 6.07) is 7.54. The average Bonchev–Trinajstić information content (AvgIpc) is 2.48.